The zero-order valence-electron chi connectivity index (χ0n) is 15.9. The first-order valence-corrected chi connectivity index (χ1v) is 10.1. The molecule has 2 aromatic rings. The van der Waals surface area contributed by atoms with E-state index in [2.05, 4.69) is 5.32 Å². The highest BCUT2D eigenvalue weighted by Crippen LogP contribution is 2.33. The Balaban J connectivity index is 0.00000225. The average Bonchev–Trinajstić information content (AvgIpc) is 3.19. The standard InChI is InChI=1S/C22H25ClN2O2.ClH/c1-15-6-2-5-9-19(15)25-20(14-24-17-7-3-4-8-17)21(22(25)26)27-18-12-10-16(23)11-13-18;/h2,5-6,9-13,17,20-21,24H,3-4,7-8,14H2,1H3;1H. The molecule has 1 amide bonds. The highest BCUT2D eigenvalue weighted by atomic mass is 35.5. The van der Waals surface area contributed by atoms with Crippen LogP contribution in [0, 0.1) is 6.92 Å². The Morgan fingerprint density at radius 2 is 1.79 bits per heavy atom. The zero-order chi connectivity index (χ0) is 18.8. The third kappa shape index (κ3) is 4.29. The Kier molecular flexibility index (Phi) is 6.86. The Bertz CT molecular complexity index is 806. The van der Waals surface area contributed by atoms with Crippen LogP contribution in [0.25, 0.3) is 0 Å². The smallest absolute Gasteiger partial charge is 0.270 e. The topological polar surface area (TPSA) is 41.6 Å². The Morgan fingerprint density at radius 1 is 1.11 bits per heavy atom. The van der Waals surface area contributed by atoms with Crippen LogP contribution < -0.4 is 15.0 Å². The maximum absolute atomic E-state index is 12.9. The van der Waals surface area contributed by atoms with Crippen molar-refractivity contribution in [1.29, 1.82) is 0 Å². The monoisotopic (exact) mass is 420 g/mol. The van der Waals surface area contributed by atoms with Crippen LogP contribution >= 0.6 is 24.0 Å². The van der Waals surface area contributed by atoms with Gasteiger partial charge in [0, 0.05) is 23.3 Å². The van der Waals surface area contributed by atoms with Gasteiger partial charge in [0.2, 0.25) is 0 Å². The van der Waals surface area contributed by atoms with Gasteiger partial charge in [0.25, 0.3) is 5.91 Å². The van der Waals surface area contributed by atoms with Crippen LogP contribution in [0.3, 0.4) is 0 Å². The largest absolute Gasteiger partial charge is 0.478 e. The van der Waals surface area contributed by atoms with E-state index in [0.717, 1.165) is 17.8 Å². The number of hydrogen-bond donors (Lipinski definition) is 1. The average molecular weight is 421 g/mol. The van der Waals surface area contributed by atoms with Crippen LogP contribution in [0.5, 0.6) is 5.75 Å². The molecule has 2 atom stereocenters. The van der Waals surface area contributed by atoms with Crippen LogP contribution in [0.4, 0.5) is 5.69 Å². The minimum Gasteiger partial charge on any atom is -0.478 e. The van der Waals surface area contributed by atoms with Gasteiger partial charge >= 0.3 is 0 Å². The molecular formula is C22H26Cl2N2O2. The number of amides is 1. The predicted octanol–water partition coefficient (Wildman–Crippen LogP) is 4.77. The lowest BCUT2D eigenvalue weighted by atomic mass is 9.94. The van der Waals surface area contributed by atoms with E-state index in [1.807, 2.05) is 48.2 Å². The summed E-state index contributed by atoms with van der Waals surface area (Å²) in [7, 11) is 0. The summed E-state index contributed by atoms with van der Waals surface area (Å²) in [6, 6.07) is 15.7. The van der Waals surface area contributed by atoms with Crippen molar-refractivity contribution in [3.63, 3.8) is 0 Å². The van der Waals surface area contributed by atoms with Gasteiger partial charge in [-0.3, -0.25) is 4.79 Å². The number of aryl methyl sites for hydroxylation is 1. The molecule has 1 aliphatic heterocycles. The van der Waals surface area contributed by atoms with Crippen molar-refractivity contribution in [2.24, 2.45) is 0 Å². The van der Waals surface area contributed by atoms with E-state index in [1.54, 1.807) is 12.1 Å². The van der Waals surface area contributed by atoms with Crippen molar-refractivity contribution in [1.82, 2.24) is 5.32 Å². The minimum atomic E-state index is -0.473. The van der Waals surface area contributed by atoms with Gasteiger partial charge in [0.1, 0.15) is 5.75 Å². The Labute approximate surface area is 177 Å². The molecule has 2 unspecified atom stereocenters. The van der Waals surface area contributed by atoms with E-state index in [9.17, 15) is 4.79 Å². The molecular weight excluding hydrogens is 395 g/mol. The first-order chi connectivity index (χ1) is 13.1. The van der Waals surface area contributed by atoms with Gasteiger partial charge in [-0.25, -0.2) is 0 Å². The summed E-state index contributed by atoms with van der Waals surface area (Å²) in [6.45, 7) is 2.78. The number of rotatable bonds is 6. The summed E-state index contributed by atoms with van der Waals surface area (Å²) in [4.78, 5) is 14.8. The maximum Gasteiger partial charge on any atom is 0.270 e. The predicted molar refractivity (Wildman–Crippen MR) is 116 cm³/mol. The zero-order valence-corrected chi connectivity index (χ0v) is 17.5. The highest BCUT2D eigenvalue weighted by molar-refractivity contribution is 6.30. The first-order valence-electron chi connectivity index (χ1n) is 9.68. The van der Waals surface area contributed by atoms with E-state index in [1.165, 1.54) is 25.7 Å². The molecule has 0 spiro atoms. The number of halogens is 2. The molecule has 4 rings (SSSR count). The lowest BCUT2D eigenvalue weighted by molar-refractivity contribution is -0.134. The first kappa shape index (κ1) is 21.0. The number of benzene rings is 2. The van der Waals surface area contributed by atoms with Gasteiger partial charge in [-0.05, 0) is 55.7 Å². The fourth-order valence-electron chi connectivity index (χ4n) is 4.05. The second kappa shape index (κ2) is 9.17. The van der Waals surface area contributed by atoms with Crippen molar-refractivity contribution in [2.75, 3.05) is 11.4 Å². The summed E-state index contributed by atoms with van der Waals surface area (Å²) in [5.41, 5.74) is 2.07. The van der Waals surface area contributed by atoms with Crippen LogP contribution in [0.1, 0.15) is 31.2 Å². The Morgan fingerprint density at radius 3 is 2.46 bits per heavy atom. The van der Waals surface area contributed by atoms with Gasteiger partial charge in [-0.15, -0.1) is 12.4 Å². The Hall–Kier alpha value is -1.75. The van der Waals surface area contributed by atoms with Gasteiger partial charge in [-0.2, -0.15) is 0 Å². The lowest BCUT2D eigenvalue weighted by Gasteiger charge is -2.47. The lowest BCUT2D eigenvalue weighted by Crippen LogP contribution is -2.70. The van der Waals surface area contributed by atoms with Crippen LogP contribution in [-0.4, -0.2) is 30.6 Å². The molecule has 6 heteroatoms. The van der Waals surface area contributed by atoms with Gasteiger partial charge < -0.3 is 15.0 Å². The molecule has 0 aromatic heterocycles. The number of anilines is 1. The van der Waals surface area contributed by atoms with Gasteiger partial charge in [-0.1, -0.05) is 42.6 Å². The maximum atomic E-state index is 12.9. The number of para-hydroxylation sites is 1. The van der Waals surface area contributed by atoms with E-state index in [0.29, 0.717) is 16.8 Å². The number of nitrogens with zero attached hydrogens (tertiary/aromatic N) is 1. The fourth-order valence-corrected chi connectivity index (χ4v) is 4.18. The third-order valence-electron chi connectivity index (χ3n) is 5.58. The van der Waals surface area contributed by atoms with Crippen molar-refractivity contribution in [2.45, 2.75) is 50.8 Å². The number of ether oxygens (including phenoxy) is 1. The van der Waals surface area contributed by atoms with Crippen molar-refractivity contribution in [3.8, 4) is 5.75 Å². The quantitative estimate of drug-likeness (QED) is 0.684. The molecule has 1 N–H and O–H groups in total. The van der Waals surface area contributed by atoms with Crippen LogP contribution in [0.2, 0.25) is 5.02 Å². The van der Waals surface area contributed by atoms with Gasteiger partial charge in [0.15, 0.2) is 6.10 Å². The number of β-lactam (4-membered cyclic amide) rings is 1. The van der Waals surface area contributed by atoms with E-state index in [4.69, 9.17) is 16.3 Å². The van der Waals surface area contributed by atoms with Crippen molar-refractivity contribution in [3.05, 3.63) is 59.1 Å². The van der Waals surface area contributed by atoms with Crippen molar-refractivity contribution >= 4 is 35.6 Å². The molecule has 150 valence electrons. The summed E-state index contributed by atoms with van der Waals surface area (Å²) < 4.78 is 6.05. The molecule has 1 saturated heterocycles. The molecule has 2 fully saturated rings. The second-order valence-electron chi connectivity index (χ2n) is 7.44. The number of hydrogen-bond acceptors (Lipinski definition) is 3. The molecule has 2 aromatic carbocycles. The third-order valence-corrected chi connectivity index (χ3v) is 5.84. The van der Waals surface area contributed by atoms with Crippen LogP contribution in [0.15, 0.2) is 48.5 Å². The van der Waals surface area contributed by atoms with Crippen LogP contribution in [-0.2, 0) is 4.79 Å². The fraction of sp³-hybridized carbons (Fsp3) is 0.409. The summed E-state index contributed by atoms with van der Waals surface area (Å²) in [5.74, 6) is 0.686. The molecule has 28 heavy (non-hydrogen) atoms. The molecule has 2 aliphatic rings. The summed E-state index contributed by atoms with van der Waals surface area (Å²) >= 11 is 5.96. The van der Waals surface area contributed by atoms with E-state index >= 15 is 0 Å². The normalized spacial score (nSPS) is 21.9. The molecule has 1 heterocycles. The molecule has 1 aliphatic carbocycles. The molecule has 4 nitrogen and oxygen atoms in total. The van der Waals surface area contributed by atoms with Gasteiger partial charge in [0.05, 0.1) is 6.04 Å². The SMILES string of the molecule is Cc1ccccc1N1C(=O)C(Oc2ccc(Cl)cc2)C1CNC1CCCC1.Cl. The number of carbonyl (C=O) groups excluding carboxylic acids is 1. The molecule has 1 saturated carbocycles. The van der Waals surface area contributed by atoms with E-state index in [-0.39, 0.29) is 24.4 Å². The van der Waals surface area contributed by atoms with Crippen molar-refractivity contribution < 1.29 is 9.53 Å². The summed E-state index contributed by atoms with van der Waals surface area (Å²) in [5, 5.41) is 4.31. The second-order valence-corrected chi connectivity index (χ2v) is 7.88. The number of nitrogens with one attached hydrogen (secondary N) is 1. The molecule has 0 radical (unpaired) electrons. The minimum absolute atomic E-state index is 0. The van der Waals surface area contributed by atoms with E-state index < -0.39 is 6.10 Å². The summed E-state index contributed by atoms with van der Waals surface area (Å²) in [6.07, 6.45) is 4.53. The molecule has 0 bridgehead atoms. The highest BCUT2D eigenvalue weighted by Gasteiger charge is 2.50. The number of carbonyl (C=O) groups is 1.